The molecule has 1 heterocycles. The summed E-state index contributed by atoms with van der Waals surface area (Å²) < 4.78 is 5.77. The molecule has 0 spiro atoms. The molecule has 1 atom stereocenters. The van der Waals surface area contributed by atoms with E-state index in [1.165, 1.54) is 5.56 Å². The van der Waals surface area contributed by atoms with Crippen LogP contribution in [0.2, 0.25) is 0 Å². The Morgan fingerprint density at radius 1 is 1.29 bits per heavy atom. The number of hydrogen-bond donors (Lipinski definition) is 1. The molecule has 1 saturated heterocycles. The molecular formula is C11H16ClNO. The molecule has 0 bridgehead atoms. The van der Waals surface area contributed by atoms with Gasteiger partial charge >= 0.3 is 0 Å². The van der Waals surface area contributed by atoms with Gasteiger partial charge in [-0.1, -0.05) is 17.7 Å². The zero-order valence-electron chi connectivity index (χ0n) is 8.32. The van der Waals surface area contributed by atoms with Crippen LogP contribution in [0.15, 0.2) is 24.3 Å². The summed E-state index contributed by atoms with van der Waals surface area (Å²) in [7, 11) is 0. The van der Waals surface area contributed by atoms with Crippen molar-refractivity contribution in [2.75, 3.05) is 13.1 Å². The summed E-state index contributed by atoms with van der Waals surface area (Å²) in [5, 5.41) is 3.28. The van der Waals surface area contributed by atoms with Crippen LogP contribution in [0.3, 0.4) is 0 Å². The summed E-state index contributed by atoms with van der Waals surface area (Å²) in [6.07, 6.45) is 1.48. The second-order valence-corrected chi connectivity index (χ2v) is 3.55. The lowest BCUT2D eigenvalue weighted by molar-refractivity contribution is 0.223. The molecule has 78 valence electrons. The van der Waals surface area contributed by atoms with Crippen molar-refractivity contribution < 1.29 is 4.74 Å². The molecule has 1 aliphatic heterocycles. The van der Waals surface area contributed by atoms with Gasteiger partial charge in [-0.3, -0.25) is 0 Å². The minimum Gasteiger partial charge on any atom is -0.489 e. The molecule has 0 amide bonds. The molecule has 1 N–H and O–H groups in total. The van der Waals surface area contributed by atoms with Crippen LogP contribution in [-0.2, 0) is 0 Å². The van der Waals surface area contributed by atoms with Crippen molar-refractivity contribution >= 4 is 12.4 Å². The Hall–Kier alpha value is -0.730. The molecule has 1 aromatic rings. The number of hydrogen-bond acceptors (Lipinski definition) is 2. The lowest BCUT2D eigenvalue weighted by Crippen LogP contribution is -2.19. The van der Waals surface area contributed by atoms with E-state index >= 15 is 0 Å². The van der Waals surface area contributed by atoms with Gasteiger partial charge in [0.25, 0.3) is 0 Å². The van der Waals surface area contributed by atoms with E-state index in [4.69, 9.17) is 4.74 Å². The Kier molecular flexibility index (Phi) is 4.23. The summed E-state index contributed by atoms with van der Waals surface area (Å²) in [5.74, 6) is 0.985. The first-order chi connectivity index (χ1) is 6.34. The third-order valence-corrected chi connectivity index (χ3v) is 2.34. The Labute approximate surface area is 91.1 Å². The summed E-state index contributed by atoms with van der Waals surface area (Å²) in [4.78, 5) is 0. The van der Waals surface area contributed by atoms with Gasteiger partial charge in [-0.2, -0.15) is 0 Å². The van der Waals surface area contributed by atoms with Crippen molar-refractivity contribution in [2.45, 2.75) is 19.4 Å². The molecule has 2 rings (SSSR count). The molecule has 3 heteroatoms. The maximum atomic E-state index is 5.77. The molecule has 0 aliphatic carbocycles. The monoisotopic (exact) mass is 213 g/mol. The van der Waals surface area contributed by atoms with Crippen LogP contribution in [0.4, 0.5) is 0 Å². The summed E-state index contributed by atoms with van der Waals surface area (Å²) >= 11 is 0. The normalized spacial score (nSPS) is 20.2. The molecule has 1 aromatic carbocycles. The molecule has 0 unspecified atom stereocenters. The summed E-state index contributed by atoms with van der Waals surface area (Å²) in [6.45, 7) is 4.14. The zero-order chi connectivity index (χ0) is 9.10. The van der Waals surface area contributed by atoms with E-state index < -0.39 is 0 Å². The summed E-state index contributed by atoms with van der Waals surface area (Å²) in [5.41, 5.74) is 1.27. The highest BCUT2D eigenvalue weighted by Crippen LogP contribution is 2.15. The van der Waals surface area contributed by atoms with Crippen LogP contribution in [0, 0.1) is 6.92 Å². The highest BCUT2D eigenvalue weighted by Gasteiger charge is 2.15. The largest absolute Gasteiger partial charge is 0.489 e. The van der Waals surface area contributed by atoms with E-state index in [-0.39, 0.29) is 12.4 Å². The number of benzene rings is 1. The van der Waals surface area contributed by atoms with Gasteiger partial charge in [0.2, 0.25) is 0 Å². The van der Waals surface area contributed by atoms with Gasteiger partial charge in [-0.15, -0.1) is 12.4 Å². The standard InChI is InChI=1S/C11H15NO.ClH/c1-9-2-4-10(5-3-9)13-11-6-7-12-8-11;/h2-5,11-12H,6-8H2,1H3;1H/t11-;/m0./s1. The number of nitrogens with one attached hydrogen (secondary N) is 1. The Balaban J connectivity index is 0.000000980. The van der Waals surface area contributed by atoms with E-state index in [1.54, 1.807) is 0 Å². The third-order valence-electron chi connectivity index (χ3n) is 2.34. The topological polar surface area (TPSA) is 21.3 Å². The van der Waals surface area contributed by atoms with Crippen LogP contribution in [-0.4, -0.2) is 19.2 Å². The molecular weight excluding hydrogens is 198 g/mol. The van der Waals surface area contributed by atoms with Crippen molar-refractivity contribution in [3.63, 3.8) is 0 Å². The van der Waals surface area contributed by atoms with Crippen molar-refractivity contribution in [3.05, 3.63) is 29.8 Å². The predicted molar refractivity (Wildman–Crippen MR) is 60.3 cm³/mol. The van der Waals surface area contributed by atoms with Gasteiger partial charge in [-0.05, 0) is 32.0 Å². The van der Waals surface area contributed by atoms with E-state index in [0.29, 0.717) is 6.10 Å². The number of rotatable bonds is 2. The molecule has 0 radical (unpaired) electrons. The zero-order valence-corrected chi connectivity index (χ0v) is 9.14. The minimum absolute atomic E-state index is 0. The smallest absolute Gasteiger partial charge is 0.119 e. The van der Waals surface area contributed by atoms with Crippen molar-refractivity contribution in [1.82, 2.24) is 5.32 Å². The number of ether oxygens (including phenoxy) is 1. The van der Waals surface area contributed by atoms with Crippen LogP contribution in [0.25, 0.3) is 0 Å². The fourth-order valence-corrected chi connectivity index (χ4v) is 1.54. The van der Waals surface area contributed by atoms with E-state index in [1.807, 2.05) is 12.1 Å². The van der Waals surface area contributed by atoms with Crippen molar-refractivity contribution in [1.29, 1.82) is 0 Å². The van der Waals surface area contributed by atoms with Gasteiger partial charge in [-0.25, -0.2) is 0 Å². The van der Waals surface area contributed by atoms with Crippen LogP contribution in [0.5, 0.6) is 5.75 Å². The maximum absolute atomic E-state index is 5.77. The van der Waals surface area contributed by atoms with E-state index in [0.717, 1.165) is 25.3 Å². The van der Waals surface area contributed by atoms with E-state index in [2.05, 4.69) is 24.4 Å². The molecule has 1 aliphatic rings. The van der Waals surface area contributed by atoms with Gasteiger partial charge in [0.05, 0.1) is 0 Å². The fourth-order valence-electron chi connectivity index (χ4n) is 1.54. The van der Waals surface area contributed by atoms with E-state index in [9.17, 15) is 0 Å². The predicted octanol–water partition coefficient (Wildman–Crippen LogP) is 2.16. The van der Waals surface area contributed by atoms with Gasteiger partial charge in [0.1, 0.15) is 11.9 Å². The second kappa shape index (κ2) is 5.23. The quantitative estimate of drug-likeness (QED) is 0.813. The molecule has 0 saturated carbocycles. The van der Waals surface area contributed by atoms with Gasteiger partial charge in [0.15, 0.2) is 0 Å². The first-order valence-electron chi connectivity index (χ1n) is 4.78. The number of halogens is 1. The van der Waals surface area contributed by atoms with Crippen LogP contribution >= 0.6 is 12.4 Å². The first-order valence-corrected chi connectivity index (χ1v) is 4.78. The fraction of sp³-hybridized carbons (Fsp3) is 0.455. The Bertz CT molecular complexity index is 267. The highest BCUT2D eigenvalue weighted by atomic mass is 35.5. The third kappa shape index (κ3) is 2.89. The van der Waals surface area contributed by atoms with Crippen molar-refractivity contribution in [2.24, 2.45) is 0 Å². The average Bonchev–Trinajstić information content (AvgIpc) is 2.62. The highest BCUT2D eigenvalue weighted by molar-refractivity contribution is 5.85. The average molecular weight is 214 g/mol. The maximum Gasteiger partial charge on any atom is 0.119 e. The Morgan fingerprint density at radius 3 is 2.57 bits per heavy atom. The lowest BCUT2D eigenvalue weighted by Gasteiger charge is -2.12. The SMILES string of the molecule is Cc1ccc(O[C@H]2CCNC2)cc1.Cl. The molecule has 2 nitrogen and oxygen atoms in total. The van der Waals surface area contributed by atoms with Crippen LogP contribution in [0.1, 0.15) is 12.0 Å². The molecule has 14 heavy (non-hydrogen) atoms. The minimum atomic E-state index is 0. The Morgan fingerprint density at radius 2 is 2.00 bits per heavy atom. The molecule has 1 fully saturated rings. The van der Waals surface area contributed by atoms with Crippen LogP contribution < -0.4 is 10.1 Å². The van der Waals surface area contributed by atoms with Gasteiger partial charge in [0, 0.05) is 6.54 Å². The second-order valence-electron chi connectivity index (χ2n) is 3.55. The molecule has 0 aromatic heterocycles. The number of aryl methyl sites for hydroxylation is 1. The van der Waals surface area contributed by atoms with Gasteiger partial charge < -0.3 is 10.1 Å². The summed E-state index contributed by atoms with van der Waals surface area (Å²) in [6, 6.07) is 8.23. The lowest BCUT2D eigenvalue weighted by atomic mass is 10.2. The van der Waals surface area contributed by atoms with Crippen molar-refractivity contribution in [3.8, 4) is 5.75 Å². The first kappa shape index (κ1) is 11.3.